The van der Waals surface area contributed by atoms with Crippen LogP contribution in [0.1, 0.15) is 38.1 Å². The molecule has 2 fully saturated rings. The van der Waals surface area contributed by atoms with Crippen molar-refractivity contribution in [3.05, 3.63) is 34.2 Å². The fraction of sp³-hybridized carbons (Fsp3) is 0.478. The van der Waals surface area contributed by atoms with E-state index in [-0.39, 0.29) is 46.2 Å². The Bertz CT molecular complexity index is 1260. The summed E-state index contributed by atoms with van der Waals surface area (Å²) in [5.74, 6) is -0.575. The number of anilines is 3. The molecule has 9 nitrogen and oxygen atoms in total. The number of fused-ring (bicyclic) bond motifs is 1. The summed E-state index contributed by atoms with van der Waals surface area (Å²) in [6, 6.07) is 2.02. The van der Waals surface area contributed by atoms with Gasteiger partial charge in [-0.15, -0.1) is 0 Å². The number of amides is 1. The Morgan fingerprint density at radius 3 is 2.64 bits per heavy atom. The average molecular weight is 540 g/mol. The number of aromatic nitrogens is 4. The molecule has 36 heavy (non-hydrogen) atoms. The molecule has 1 aromatic carbocycles. The summed E-state index contributed by atoms with van der Waals surface area (Å²) in [5.41, 5.74) is 6.50. The number of rotatable bonds is 6. The first-order chi connectivity index (χ1) is 17.3. The van der Waals surface area contributed by atoms with E-state index in [9.17, 15) is 13.6 Å². The molecule has 1 amide bonds. The Kier molecular flexibility index (Phi) is 7.14. The Labute approximate surface area is 215 Å². The number of nitrogens with one attached hydrogen (secondary N) is 2. The molecule has 3 heterocycles. The van der Waals surface area contributed by atoms with E-state index in [0.29, 0.717) is 55.8 Å². The molecule has 1 aliphatic heterocycles. The van der Waals surface area contributed by atoms with E-state index in [0.717, 1.165) is 6.07 Å². The lowest BCUT2D eigenvalue weighted by Gasteiger charge is -2.29. The van der Waals surface area contributed by atoms with E-state index in [1.54, 1.807) is 0 Å². The van der Waals surface area contributed by atoms with E-state index >= 15 is 0 Å². The third-order valence-electron chi connectivity index (χ3n) is 6.74. The molecule has 5 rings (SSSR count). The lowest BCUT2D eigenvalue weighted by molar-refractivity contribution is -0.122. The first-order valence-corrected chi connectivity index (χ1v) is 12.5. The second-order valence-electron chi connectivity index (χ2n) is 9.12. The van der Waals surface area contributed by atoms with Gasteiger partial charge in [0.2, 0.25) is 17.8 Å². The Morgan fingerprint density at radius 1 is 1.17 bits per heavy atom. The number of carbonyl (C=O) groups is 1. The number of carbonyl (C=O) groups excluding carboxylic acids is 1. The third kappa shape index (κ3) is 5.05. The maximum atomic E-state index is 14.7. The van der Waals surface area contributed by atoms with E-state index in [2.05, 4.69) is 25.6 Å². The fourth-order valence-electron chi connectivity index (χ4n) is 4.82. The van der Waals surface area contributed by atoms with E-state index in [1.807, 2.05) is 4.57 Å². The van der Waals surface area contributed by atoms with Crippen LogP contribution >= 0.6 is 23.2 Å². The number of ether oxygens (including phenoxy) is 1. The van der Waals surface area contributed by atoms with E-state index in [1.165, 1.54) is 12.3 Å². The van der Waals surface area contributed by atoms with Gasteiger partial charge < -0.3 is 21.1 Å². The number of alkyl halides is 1. The lowest BCUT2D eigenvalue weighted by atomic mass is 9.85. The molecule has 1 saturated carbocycles. The van der Waals surface area contributed by atoms with Crippen LogP contribution in [-0.4, -0.2) is 50.9 Å². The van der Waals surface area contributed by atoms with Gasteiger partial charge in [0, 0.05) is 23.6 Å². The standard InChI is InChI=1S/C23H25Cl2F2N7O2/c24-12-7-14(25)19(15(26)8-12)32-23-31-18-9-29-22(30-17-5-6-36-10-16(17)27)33-21(18)34(23)13-3-1-11(2-4-13)20(28)35/h7-9,11,13,16-17H,1-6,10H2,(H2,28,35)(H,31,32)(H,29,30,33)/t11-,13+,16-,17+/m1/s1. The number of hydrogen-bond donors (Lipinski definition) is 3. The minimum Gasteiger partial charge on any atom is -0.378 e. The molecule has 0 unspecified atom stereocenters. The monoisotopic (exact) mass is 539 g/mol. The van der Waals surface area contributed by atoms with Gasteiger partial charge in [0.25, 0.3) is 0 Å². The minimum atomic E-state index is -1.18. The highest BCUT2D eigenvalue weighted by Crippen LogP contribution is 2.38. The quantitative estimate of drug-likeness (QED) is 0.412. The molecular weight excluding hydrogens is 515 g/mol. The summed E-state index contributed by atoms with van der Waals surface area (Å²) in [6.45, 7) is 0.464. The predicted molar refractivity (Wildman–Crippen MR) is 133 cm³/mol. The van der Waals surface area contributed by atoms with Gasteiger partial charge in [-0.2, -0.15) is 4.98 Å². The Balaban J connectivity index is 1.53. The Morgan fingerprint density at radius 2 is 1.94 bits per heavy atom. The number of halogens is 4. The van der Waals surface area contributed by atoms with Crippen LogP contribution in [0.2, 0.25) is 10.0 Å². The number of nitrogens with zero attached hydrogens (tertiary/aromatic N) is 4. The highest BCUT2D eigenvalue weighted by atomic mass is 35.5. The molecule has 2 aliphatic rings. The van der Waals surface area contributed by atoms with Crippen molar-refractivity contribution in [2.75, 3.05) is 23.8 Å². The van der Waals surface area contributed by atoms with Crippen LogP contribution in [-0.2, 0) is 9.53 Å². The van der Waals surface area contributed by atoms with Crippen LogP contribution in [0, 0.1) is 11.7 Å². The van der Waals surface area contributed by atoms with Crippen LogP contribution in [0.5, 0.6) is 0 Å². The maximum Gasteiger partial charge on any atom is 0.225 e. The summed E-state index contributed by atoms with van der Waals surface area (Å²) in [6.07, 6.45) is 3.34. The average Bonchev–Trinajstić information content (AvgIpc) is 3.20. The van der Waals surface area contributed by atoms with Gasteiger partial charge >= 0.3 is 0 Å². The first kappa shape index (κ1) is 24.9. The van der Waals surface area contributed by atoms with Crippen LogP contribution in [0.3, 0.4) is 0 Å². The number of nitrogens with two attached hydrogens (primary N) is 1. The molecule has 192 valence electrons. The highest BCUT2D eigenvalue weighted by Gasteiger charge is 2.30. The van der Waals surface area contributed by atoms with Crippen molar-refractivity contribution in [3.63, 3.8) is 0 Å². The first-order valence-electron chi connectivity index (χ1n) is 11.7. The van der Waals surface area contributed by atoms with Gasteiger partial charge in [-0.3, -0.25) is 9.36 Å². The molecule has 1 aliphatic carbocycles. The highest BCUT2D eigenvalue weighted by molar-refractivity contribution is 6.36. The van der Waals surface area contributed by atoms with Gasteiger partial charge in [0.05, 0.1) is 29.6 Å². The topological polar surface area (TPSA) is 120 Å². The maximum absolute atomic E-state index is 14.7. The van der Waals surface area contributed by atoms with Gasteiger partial charge in [-0.05, 0) is 44.2 Å². The molecule has 1 saturated heterocycles. The lowest BCUT2D eigenvalue weighted by Crippen LogP contribution is -2.39. The van der Waals surface area contributed by atoms with Crippen molar-refractivity contribution in [3.8, 4) is 0 Å². The fourth-order valence-corrected chi connectivity index (χ4v) is 5.33. The summed E-state index contributed by atoms with van der Waals surface area (Å²) in [7, 11) is 0. The number of primary amides is 1. The summed E-state index contributed by atoms with van der Waals surface area (Å²) in [4.78, 5) is 25.2. The molecule has 0 spiro atoms. The normalized spacial score (nSPS) is 24.6. The largest absolute Gasteiger partial charge is 0.378 e. The molecule has 13 heteroatoms. The van der Waals surface area contributed by atoms with Crippen LogP contribution in [0.4, 0.5) is 26.4 Å². The van der Waals surface area contributed by atoms with Crippen molar-refractivity contribution in [2.24, 2.45) is 11.7 Å². The minimum absolute atomic E-state index is 0.0163. The molecule has 4 N–H and O–H groups in total. The van der Waals surface area contributed by atoms with E-state index < -0.39 is 18.0 Å². The number of imidazole rings is 1. The smallest absolute Gasteiger partial charge is 0.225 e. The summed E-state index contributed by atoms with van der Waals surface area (Å²) < 4.78 is 36.1. The molecular formula is C23H25Cl2F2N7O2. The van der Waals surface area contributed by atoms with Crippen molar-refractivity contribution < 1.29 is 18.3 Å². The predicted octanol–water partition coefficient (Wildman–Crippen LogP) is 4.77. The van der Waals surface area contributed by atoms with Crippen molar-refractivity contribution in [1.82, 2.24) is 19.5 Å². The third-order valence-corrected chi connectivity index (χ3v) is 7.26. The molecule has 2 aromatic heterocycles. The van der Waals surface area contributed by atoms with Gasteiger partial charge in [-0.1, -0.05) is 23.2 Å². The van der Waals surface area contributed by atoms with Gasteiger partial charge in [0.15, 0.2) is 5.65 Å². The zero-order valence-electron chi connectivity index (χ0n) is 19.2. The molecule has 3 aromatic rings. The zero-order chi connectivity index (χ0) is 25.4. The second kappa shape index (κ2) is 10.3. The van der Waals surface area contributed by atoms with Crippen LogP contribution < -0.4 is 16.4 Å². The Hall–Kier alpha value is -2.76. The SMILES string of the molecule is NC(=O)[C@H]1CC[C@@H](n2c(Nc3c(F)cc(Cl)cc3Cl)nc3cnc(N[C@H]4CCOC[C@H]4F)nc32)CC1. The van der Waals surface area contributed by atoms with Gasteiger partial charge in [0.1, 0.15) is 17.5 Å². The van der Waals surface area contributed by atoms with Crippen LogP contribution in [0.25, 0.3) is 11.2 Å². The number of benzene rings is 1. The van der Waals surface area contributed by atoms with Crippen molar-refractivity contribution >= 4 is 57.9 Å². The second-order valence-corrected chi connectivity index (χ2v) is 9.96. The summed E-state index contributed by atoms with van der Waals surface area (Å²) in [5, 5.41) is 6.32. The van der Waals surface area contributed by atoms with Crippen molar-refractivity contribution in [1.29, 1.82) is 0 Å². The number of hydrogen-bond acceptors (Lipinski definition) is 7. The van der Waals surface area contributed by atoms with Crippen molar-refractivity contribution in [2.45, 2.75) is 50.4 Å². The molecule has 0 bridgehead atoms. The summed E-state index contributed by atoms with van der Waals surface area (Å²) >= 11 is 12.2. The molecule has 0 radical (unpaired) electrons. The van der Waals surface area contributed by atoms with Gasteiger partial charge in [-0.25, -0.2) is 18.7 Å². The van der Waals surface area contributed by atoms with E-state index in [4.69, 9.17) is 33.7 Å². The van der Waals surface area contributed by atoms with Crippen LogP contribution in [0.15, 0.2) is 18.3 Å². The molecule has 2 atom stereocenters. The zero-order valence-corrected chi connectivity index (χ0v) is 20.7.